The number of ketones is 1. The predicted octanol–water partition coefficient (Wildman–Crippen LogP) is 2.35. The van der Waals surface area contributed by atoms with Crippen LogP contribution in [0.5, 0.6) is 0 Å². The van der Waals surface area contributed by atoms with Gasteiger partial charge in [-0.2, -0.15) is 5.10 Å². The third-order valence-electron chi connectivity index (χ3n) is 3.74. The fourth-order valence-corrected chi connectivity index (χ4v) is 3.52. The van der Waals surface area contributed by atoms with Crippen molar-refractivity contribution in [2.75, 3.05) is 11.8 Å². The number of anilines is 1. The molecule has 0 bridgehead atoms. The Kier molecular flexibility index (Phi) is 4.47. The first-order valence-electron chi connectivity index (χ1n) is 7.52. The van der Waals surface area contributed by atoms with Crippen LogP contribution in [-0.4, -0.2) is 37.5 Å². The summed E-state index contributed by atoms with van der Waals surface area (Å²) in [6, 6.07) is 10.4. The smallest absolute Gasteiger partial charge is 0.359 e. The van der Waals surface area contributed by atoms with Gasteiger partial charge in [-0.1, -0.05) is 12.1 Å². The fraction of sp³-hybridized carbons (Fsp3) is 0.118. The summed E-state index contributed by atoms with van der Waals surface area (Å²) in [5.74, 6) is -0.866. The molecule has 3 aromatic rings. The minimum Gasteiger partial charge on any atom is -0.464 e. The molecule has 3 rings (SSSR count). The van der Waals surface area contributed by atoms with Crippen LogP contribution >= 0.6 is 0 Å². The Balaban J connectivity index is 1.98. The number of hydrogen-bond acceptors (Lipinski definition) is 6. The number of hydrogen-bond donors (Lipinski definition) is 2. The van der Waals surface area contributed by atoms with E-state index in [-0.39, 0.29) is 22.1 Å². The van der Waals surface area contributed by atoms with Crippen LogP contribution < -0.4 is 4.72 Å². The zero-order valence-electron chi connectivity index (χ0n) is 13.9. The largest absolute Gasteiger partial charge is 0.464 e. The highest BCUT2D eigenvalue weighted by atomic mass is 32.2. The number of carbonyl (C=O) groups is 2. The Morgan fingerprint density at radius 2 is 1.92 bits per heavy atom. The van der Waals surface area contributed by atoms with Gasteiger partial charge in [0.2, 0.25) is 0 Å². The molecule has 134 valence electrons. The minimum atomic E-state index is -3.91. The van der Waals surface area contributed by atoms with E-state index in [4.69, 9.17) is 0 Å². The lowest BCUT2D eigenvalue weighted by Crippen LogP contribution is -2.13. The van der Waals surface area contributed by atoms with E-state index in [2.05, 4.69) is 19.7 Å². The monoisotopic (exact) mass is 373 g/mol. The van der Waals surface area contributed by atoms with Crippen LogP contribution in [-0.2, 0) is 14.8 Å². The molecule has 0 radical (unpaired) electrons. The molecule has 0 amide bonds. The molecule has 0 spiro atoms. The van der Waals surface area contributed by atoms with Crippen molar-refractivity contribution < 1.29 is 22.7 Å². The van der Waals surface area contributed by atoms with Gasteiger partial charge < -0.3 is 4.74 Å². The SMILES string of the molecule is COC(=O)c1n[nH]c2ccc(NS(=O)(=O)c3cccc(C(C)=O)c3)cc12. The molecule has 1 heterocycles. The van der Waals surface area contributed by atoms with Crippen LogP contribution in [0.3, 0.4) is 0 Å². The Hall–Kier alpha value is -3.20. The van der Waals surface area contributed by atoms with Gasteiger partial charge in [0.15, 0.2) is 11.5 Å². The zero-order valence-corrected chi connectivity index (χ0v) is 14.8. The Morgan fingerprint density at radius 3 is 2.62 bits per heavy atom. The van der Waals surface area contributed by atoms with Crippen LogP contribution in [0, 0.1) is 0 Å². The van der Waals surface area contributed by atoms with Crippen molar-refractivity contribution in [1.29, 1.82) is 0 Å². The van der Waals surface area contributed by atoms with E-state index < -0.39 is 16.0 Å². The third kappa shape index (κ3) is 3.29. The number of sulfonamides is 1. The van der Waals surface area contributed by atoms with Gasteiger partial charge in [0, 0.05) is 16.6 Å². The highest BCUT2D eigenvalue weighted by Gasteiger charge is 2.18. The quantitative estimate of drug-likeness (QED) is 0.523. The maximum absolute atomic E-state index is 12.6. The van der Waals surface area contributed by atoms with Crippen molar-refractivity contribution in [1.82, 2.24) is 10.2 Å². The van der Waals surface area contributed by atoms with Crippen molar-refractivity contribution in [3.05, 3.63) is 53.7 Å². The third-order valence-corrected chi connectivity index (χ3v) is 5.12. The predicted molar refractivity (Wildman–Crippen MR) is 94.7 cm³/mol. The van der Waals surface area contributed by atoms with Gasteiger partial charge in [0.05, 0.1) is 17.5 Å². The molecule has 9 heteroatoms. The summed E-state index contributed by atoms with van der Waals surface area (Å²) in [6.45, 7) is 1.36. The molecule has 0 unspecified atom stereocenters. The zero-order chi connectivity index (χ0) is 18.9. The average Bonchev–Trinajstić information content (AvgIpc) is 3.04. The van der Waals surface area contributed by atoms with Crippen molar-refractivity contribution in [2.24, 2.45) is 0 Å². The number of H-pyrrole nitrogens is 1. The molecule has 2 aromatic carbocycles. The Bertz CT molecular complexity index is 1120. The summed E-state index contributed by atoms with van der Waals surface area (Å²) in [5.41, 5.74) is 1.16. The highest BCUT2D eigenvalue weighted by Crippen LogP contribution is 2.24. The second-order valence-electron chi connectivity index (χ2n) is 5.51. The molecule has 1 aromatic heterocycles. The van der Waals surface area contributed by atoms with Crippen molar-refractivity contribution in [2.45, 2.75) is 11.8 Å². The van der Waals surface area contributed by atoms with Gasteiger partial charge in [-0.15, -0.1) is 0 Å². The van der Waals surface area contributed by atoms with E-state index >= 15 is 0 Å². The first kappa shape index (κ1) is 17.6. The molecule has 26 heavy (non-hydrogen) atoms. The molecule has 2 N–H and O–H groups in total. The van der Waals surface area contributed by atoms with Crippen molar-refractivity contribution in [3.8, 4) is 0 Å². The van der Waals surface area contributed by atoms with Gasteiger partial charge in [-0.3, -0.25) is 14.6 Å². The molecule has 0 fully saturated rings. The van der Waals surface area contributed by atoms with Gasteiger partial charge in [0.1, 0.15) is 0 Å². The molecule has 0 saturated carbocycles. The number of nitrogens with zero attached hydrogens (tertiary/aromatic N) is 1. The molecule has 0 atom stereocenters. The van der Waals surface area contributed by atoms with E-state index in [9.17, 15) is 18.0 Å². The number of esters is 1. The normalized spacial score (nSPS) is 11.3. The highest BCUT2D eigenvalue weighted by molar-refractivity contribution is 7.92. The number of nitrogens with one attached hydrogen (secondary N) is 2. The maximum atomic E-state index is 12.6. The summed E-state index contributed by atoms with van der Waals surface area (Å²) in [6.07, 6.45) is 0. The minimum absolute atomic E-state index is 0.0364. The van der Waals surface area contributed by atoms with Crippen LogP contribution in [0.1, 0.15) is 27.8 Å². The summed E-state index contributed by atoms with van der Waals surface area (Å²) in [5, 5.41) is 6.98. The van der Waals surface area contributed by atoms with Crippen LogP contribution in [0.25, 0.3) is 10.9 Å². The molecule has 0 aliphatic carbocycles. The van der Waals surface area contributed by atoms with Crippen molar-refractivity contribution in [3.63, 3.8) is 0 Å². The van der Waals surface area contributed by atoms with Gasteiger partial charge >= 0.3 is 5.97 Å². The van der Waals surface area contributed by atoms with Crippen LogP contribution in [0.4, 0.5) is 5.69 Å². The number of rotatable bonds is 5. The standard InChI is InChI=1S/C17H15N3O5S/c1-10(21)11-4-3-5-13(8-11)26(23,24)20-12-6-7-15-14(9-12)16(19-18-15)17(22)25-2/h3-9,20H,1-2H3,(H,18,19). The summed E-state index contributed by atoms with van der Waals surface area (Å²) in [7, 11) is -2.68. The molecule has 8 nitrogen and oxygen atoms in total. The first-order chi connectivity index (χ1) is 12.3. The Labute approximate surface area is 149 Å². The number of carbonyl (C=O) groups excluding carboxylic acids is 2. The number of aromatic amines is 1. The van der Waals surface area contributed by atoms with Crippen molar-refractivity contribution >= 4 is 38.4 Å². The number of fused-ring (bicyclic) bond motifs is 1. The molecule has 0 aliphatic rings. The van der Waals surface area contributed by atoms with Gasteiger partial charge in [0.25, 0.3) is 10.0 Å². The van der Waals surface area contributed by atoms with Gasteiger partial charge in [-0.05, 0) is 37.3 Å². The molecular formula is C17H15N3O5S. The number of Topliss-reactive ketones (excluding diaryl/α,β-unsaturated/α-hetero) is 1. The average molecular weight is 373 g/mol. The summed E-state index contributed by atoms with van der Waals surface area (Å²) >= 11 is 0. The van der Waals surface area contributed by atoms with Crippen LogP contribution in [0.15, 0.2) is 47.4 Å². The lowest BCUT2D eigenvalue weighted by molar-refractivity contribution is 0.0596. The van der Waals surface area contributed by atoms with E-state index in [0.717, 1.165) is 0 Å². The van der Waals surface area contributed by atoms with E-state index in [1.165, 1.54) is 44.4 Å². The molecule has 0 aliphatic heterocycles. The number of benzene rings is 2. The molecule has 0 saturated heterocycles. The first-order valence-corrected chi connectivity index (χ1v) is 9.00. The van der Waals surface area contributed by atoms with E-state index in [0.29, 0.717) is 16.5 Å². The lowest BCUT2D eigenvalue weighted by Gasteiger charge is -2.09. The number of methoxy groups -OCH3 is 1. The van der Waals surface area contributed by atoms with Crippen LogP contribution in [0.2, 0.25) is 0 Å². The van der Waals surface area contributed by atoms with E-state index in [1.54, 1.807) is 12.1 Å². The second kappa shape index (κ2) is 6.60. The topological polar surface area (TPSA) is 118 Å². The number of ether oxygens (including phenoxy) is 1. The van der Waals surface area contributed by atoms with E-state index in [1.807, 2.05) is 0 Å². The maximum Gasteiger partial charge on any atom is 0.359 e. The fourth-order valence-electron chi connectivity index (χ4n) is 2.43. The number of aromatic nitrogens is 2. The lowest BCUT2D eigenvalue weighted by atomic mass is 10.2. The summed E-state index contributed by atoms with van der Waals surface area (Å²) in [4.78, 5) is 23.2. The molecular weight excluding hydrogens is 358 g/mol. The second-order valence-corrected chi connectivity index (χ2v) is 7.20. The van der Waals surface area contributed by atoms with Gasteiger partial charge in [-0.25, -0.2) is 13.2 Å². The Morgan fingerprint density at radius 1 is 1.15 bits per heavy atom. The summed E-state index contributed by atoms with van der Waals surface area (Å²) < 4.78 is 32.3.